The highest BCUT2D eigenvalue weighted by atomic mass is 19.1. The van der Waals surface area contributed by atoms with Gasteiger partial charge in [-0.2, -0.15) is 0 Å². The second kappa shape index (κ2) is 5.14. The Morgan fingerprint density at radius 3 is 2.48 bits per heavy atom. The first kappa shape index (κ1) is 13.5. The van der Waals surface area contributed by atoms with Crippen LogP contribution in [0.15, 0.2) is 57.7 Å². The van der Waals surface area contributed by atoms with Crippen LogP contribution in [0.25, 0.3) is 21.9 Å². The quantitative estimate of drug-likeness (QED) is 0.781. The van der Waals surface area contributed by atoms with E-state index in [2.05, 4.69) is 0 Å². The molecule has 0 aliphatic rings. The SMILES string of the molecule is CC(O)c1oc(=O)c2ccccc2c1-c1cccc(F)c1. The number of benzene rings is 2. The number of halogens is 1. The number of hydrogen-bond donors (Lipinski definition) is 1. The summed E-state index contributed by atoms with van der Waals surface area (Å²) in [6.07, 6.45) is -0.972. The molecule has 3 nitrogen and oxygen atoms in total. The Morgan fingerprint density at radius 2 is 1.81 bits per heavy atom. The van der Waals surface area contributed by atoms with Crippen molar-refractivity contribution in [3.05, 3.63) is 70.5 Å². The maximum absolute atomic E-state index is 13.5. The highest BCUT2D eigenvalue weighted by Crippen LogP contribution is 2.33. The smallest absolute Gasteiger partial charge is 0.343 e. The van der Waals surface area contributed by atoms with Crippen molar-refractivity contribution in [2.45, 2.75) is 13.0 Å². The van der Waals surface area contributed by atoms with E-state index < -0.39 is 11.7 Å². The molecule has 4 heteroatoms. The minimum atomic E-state index is -0.972. The first-order valence-corrected chi connectivity index (χ1v) is 6.57. The number of fused-ring (bicyclic) bond motifs is 1. The van der Waals surface area contributed by atoms with E-state index in [4.69, 9.17) is 4.42 Å². The summed E-state index contributed by atoms with van der Waals surface area (Å²) in [5.74, 6) is -0.247. The monoisotopic (exact) mass is 284 g/mol. The number of aliphatic hydroxyl groups excluding tert-OH is 1. The molecule has 3 rings (SSSR count). The molecule has 3 aromatic rings. The fourth-order valence-electron chi connectivity index (χ4n) is 2.45. The van der Waals surface area contributed by atoms with E-state index in [1.165, 1.54) is 19.1 Å². The molecule has 0 aliphatic carbocycles. The Labute approximate surface area is 120 Å². The van der Waals surface area contributed by atoms with Gasteiger partial charge in [0.1, 0.15) is 17.7 Å². The first-order chi connectivity index (χ1) is 10.1. The molecule has 21 heavy (non-hydrogen) atoms. The lowest BCUT2D eigenvalue weighted by atomic mass is 9.96. The lowest BCUT2D eigenvalue weighted by molar-refractivity contribution is 0.166. The molecular formula is C17H13FO3. The van der Waals surface area contributed by atoms with Crippen molar-refractivity contribution < 1.29 is 13.9 Å². The van der Waals surface area contributed by atoms with Gasteiger partial charge in [0.15, 0.2) is 0 Å². The molecule has 0 bridgehead atoms. The molecule has 2 aromatic carbocycles. The Kier molecular flexibility index (Phi) is 3.31. The highest BCUT2D eigenvalue weighted by Gasteiger charge is 2.18. The lowest BCUT2D eigenvalue weighted by Gasteiger charge is -2.13. The van der Waals surface area contributed by atoms with Crippen molar-refractivity contribution in [3.63, 3.8) is 0 Å². The Balaban J connectivity index is 2.46. The van der Waals surface area contributed by atoms with E-state index in [1.54, 1.807) is 36.4 Å². The summed E-state index contributed by atoms with van der Waals surface area (Å²) < 4.78 is 18.8. The average molecular weight is 284 g/mol. The van der Waals surface area contributed by atoms with Crippen molar-refractivity contribution >= 4 is 10.8 Å². The first-order valence-electron chi connectivity index (χ1n) is 6.57. The van der Waals surface area contributed by atoms with E-state index >= 15 is 0 Å². The zero-order chi connectivity index (χ0) is 15.0. The van der Waals surface area contributed by atoms with Gasteiger partial charge >= 0.3 is 5.63 Å². The second-order valence-electron chi connectivity index (χ2n) is 4.86. The third-order valence-electron chi connectivity index (χ3n) is 3.36. The highest BCUT2D eigenvalue weighted by molar-refractivity contribution is 5.96. The zero-order valence-electron chi connectivity index (χ0n) is 11.3. The molecule has 1 N–H and O–H groups in total. The van der Waals surface area contributed by atoms with Crippen LogP contribution >= 0.6 is 0 Å². The molecule has 0 fully saturated rings. The average Bonchev–Trinajstić information content (AvgIpc) is 2.47. The van der Waals surface area contributed by atoms with Crippen molar-refractivity contribution in [3.8, 4) is 11.1 Å². The van der Waals surface area contributed by atoms with Gasteiger partial charge < -0.3 is 9.52 Å². The molecule has 0 saturated carbocycles. The van der Waals surface area contributed by atoms with Gasteiger partial charge in [0, 0.05) is 10.9 Å². The predicted molar refractivity (Wildman–Crippen MR) is 78.5 cm³/mol. The molecule has 1 heterocycles. The van der Waals surface area contributed by atoms with Gasteiger partial charge in [-0.05, 0) is 30.7 Å². The van der Waals surface area contributed by atoms with Crippen molar-refractivity contribution in [2.24, 2.45) is 0 Å². The van der Waals surface area contributed by atoms with Gasteiger partial charge in [-0.15, -0.1) is 0 Å². The van der Waals surface area contributed by atoms with Gasteiger partial charge in [0.2, 0.25) is 0 Å². The van der Waals surface area contributed by atoms with E-state index in [9.17, 15) is 14.3 Å². The van der Waals surface area contributed by atoms with Crippen LogP contribution in [-0.2, 0) is 0 Å². The molecule has 1 unspecified atom stereocenters. The molecule has 106 valence electrons. The molecule has 1 atom stereocenters. The van der Waals surface area contributed by atoms with E-state index in [-0.39, 0.29) is 11.6 Å². The molecule has 0 radical (unpaired) electrons. The summed E-state index contributed by atoms with van der Waals surface area (Å²) in [4.78, 5) is 12.0. The van der Waals surface area contributed by atoms with Crippen LogP contribution in [0, 0.1) is 5.82 Å². The minimum absolute atomic E-state index is 0.143. The fourth-order valence-corrected chi connectivity index (χ4v) is 2.45. The third-order valence-corrected chi connectivity index (χ3v) is 3.36. The van der Waals surface area contributed by atoms with Gasteiger partial charge in [0.05, 0.1) is 5.39 Å². The van der Waals surface area contributed by atoms with Gasteiger partial charge in [-0.1, -0.05) is 30.3 Å². The summed E-state index contributed by atoms with van der Waals surface area (Å²) in [5, 5.41) is 10.9. The fraction of sp³-hybridized carbons (Fsp3) is 0.118. The van der Waals surface area contributed by atoms with Crippen LogP contribution < -0.4 is 5.63 Å². The van der Waals surface area contributed by atoms with Crippen LogP contribution in [0.2, 0.25) is 0 Å². The van der Waals surface area contributed by atoms with Gasteiger partial charge in [-0.25, -0.2) is 9.18 Å². The van der Waals surface area contributed by atoms with Crippen LogP contribution in [-0.4, -0.2) is 5.11 Å². The topological polar surface area (TPSA) is 50.4 Å². The summed E-state index contributed by atoms with van der Waals surface area (Å²) >= 11 is 0. The third kappa shape index (κ3) is 2.34. The molecule has 0 saturated heterocycles. The normalized spacial score (nSPS) is 12.5. The van der Waals surface area contributed by atoms with E-state index in [1.807, 2.05) is 0 Å². The number of rotatable bonds is 2. The summed E-state index contributed by atoms with van der Waals surface area (Å²) in [6.45, 7) is 1.51. The molecule has 0 aliphatic heterocycles. The maximum atomic E-state index is 13.5. The van der Waals surface area contributed by atoms with Crippen molar-refractivity contribution in [2.75, 3.05) is 0 Å². The van der Waals surface area contributed by atoms with Gasteiger partial charge in [0.25, 0.3) is 0 Å². The van der Waals surface area contributed by atoms with Crippen LogP contribution in [0.4, 0.5) is 4.39 Å². The van der Waals surface area contributed by atoms with Crippen LogP contribution in [0.3, 0.4) is 0 Å². The van der Waals surface area contributed by atoms with Crippen LogP contribution in [0.5, 0.6) is 0 Å². The second-order valence-corrected chi connectivity index (χ2v) is 4.86. The molecule has 0 spiro atoms. The van der Waals surface area contributed by atoms with E-state index in [0.717, 1.165) is 0 Å². The Morgan fingerprint density at radius 1 is 1.10 bits per heavy atom. The summed E-state index contributed by atoms with van der Waals surface area (Å²) in [6, 6.07) is 12.9. The molecule has 0 amide bonds. The summed E-state index contributed by atoms with van der Waals surface area (Å²) in [5.41, 5.74) is 0.590. The minimum Gasteiger partial charge on any atom is -0.424 e. The van der Waals surface area contributed by atoms with Crippen LogP contribution in [0.1, 0.15) is 18.8 Å². The maximum Gasteiger partial charge on any atom is 0.343 e. The zero-order valence-corrected chi connectivity index (χ0v) is 11.3. The summed E-state index contributed by atoms with van der Waals surface area (Å²) in [7, 11) is 0. The largest absolute Gasteiger partial charge is 0.424 e. The van der Waals surface area contributed by atoms with Crippen molar-refractivity contribution in [1.29, 1.82) is 0 Å². The molecule has 1 aromatic heterocycles. The Bertz CT molecular complexity index is 865. The number of aliphatic hydroxyl groups is 1. The van der Waals surface area contributed by atoms with E-state index in [0.29, 0.717) is 21.9 Å². The Hall–Kier alpha value is -2.46. The van der Waals surface area contributed by atoms with Crippen molar-refractivity contribution in [1.82, 2.24) is 0 Å². The standard InChI is InChI=1S/C17H13FO3/c1-10(19)16-15(11-5-4-6-12(18)9-11)13-7-2-3-8-14(13)17(20)21-16/h2-10,19H,1H3. The number of hydrogen-bond acceptors (Lipinski definition) is 3. The lowest BCUT2D eigenvalue weighted by Crippen LogP contribution is -2.07. The molecular weight excluding hydrogens is 271 g/mol. The van der Waals surface area contributed by atoms with Gasteiger partial charge in [-0.3, -0.25) is 0 Å². The predicted octanol–water partition coefficient (Wildman–Crippen LogP) is 3.65.